The Kier molecular flexibility index (Phi) is 2.72. The van der Waals surface area contributed by atoms with E-state index in [2.05, 4.69) is 4.98 Å². The lowest BCUT2D eigenvalue weighted by molar-refractivity contribution is 0.0689. The van der Waals surface area contributed by atoms with E-state index in [0.29, 0.717) is 18.1 Å². The van der Waals surface area contributed by atoms with E-state index in [1.165, 1.54) is 0 Å². The van der Waals surface area contributed by atoms with E-state index in [1.54, 1.807) is 6.92 Å². The molecule has 1 aromatic carbocycles. The summed E-state index contributed by atoms with van der Waals surface area (Å²) in [6.45, 7) is 1.60. The molecule has 0 spiro atoms. The number of nitrogens with zero attached hydrogens (tertiary/aromatic N) is 1. The molecule has 0 saturated carbocycles. The van der Waals surface area contributed by atoms with Crippen molar-refractivity contribution < 1.29 is 14.3 Å². The summed E-state index contributed by atoms with van der Waals surface area (Å²) in [4.78, 5) is 14.7. The molecule has 0 aliphatic heterocycles. The van der Waals surface area contributed by atoms with Crippen molar-refractivity contribution >= 4 is 5.97 Å². The highest BCUT2D eigenvalue weighted by molar-refractivity contribution is 5.86. The van der Waals surface area contributed by atoms with Gasteiger partial charge in [0.1, 0.15) is 5.76 Å². The van der Waals surface area contributed by atoms with Crippen molar-refractivity contribution in [2.24, 2.45) is 0 Å². The molecule has 0 bridgehead atoms. The van der Waals surface area contributed by atoms with Crippen LogP contribution >= 0.6 is 0 Å². The van der Waals surface area contributed by atoms with Crippen molar-refractivity contribution in [3.05, 3.63) is 53.2 Å². The number of aryl methyl sites for hydroxylation is 1. The van der Waals surface area contributed by atoms with Crippen LogP contribution in [0.1, 0.15) is 27.7 Å². The van der Waals surface area contributed by atoms with Gasteiger partial charge in [0.15, 0.2) is 11.6 Å². The van der Waals surface area contributed by atoms with Gasteiger partial charge in [-0.25, -0.2) is 9.78 Å². The fourth-order valence-corrected chi connectivity index (χ4v) is 1.50. The molecule has 1 N–H and O–H groups in total. The second kappa shape index (κ2) is 4.18. The Hall–Kier alpha value is -2.10. The van der Waals surface area contributed by atoms with Gasteiger partial charge < -0.3 is 9.52 Å². The Balaban J connectivity index is 2.23. The number of rotatable bonds is 3. The number of carboxylic acid groups (broad SMARTS) is 1. The van der Waals surface area contributed by atoms with E-state index in [-0.39, 0.29) is 5.69 Å². The van der Waals surface area contributed by atoms with Gasteiger partial charge in [-0.2, -0.15) is 0 Å². The third-order valence-electron chi connectivity index (χ3n) is 2.24. The normalized spacial score (nSPS) is 10.3. The zero-order chi connectivity index (χ0) is 11.5. The number of oxazole rings is 1. The van der Waals surface area contributed by atoms with E-state index >= 15 is 0 Å². The molecule has 4 nitrogen and oxygen atoms in total. The first-order valence-electron chi connectivity index (χ1n) is 4.90. The topological polar surface area (TPSA) is 63.3 Å². The monoisotopic (exact) mass is 217 g/mol. The summed E-state index contributed by atoms with van der Waals surface area (Å²) < 4.78 is 5.29. The van der Waals surface area contributed by atoms with Crippen LogP contribution in [0, 0.1) is 6.92 Å². The van der Waals surface area contributed by atoms with Crippen LogP contribution in [-0.2, 0) is 6.42 Å². The summed E-state index contributed by atoms with van der Waals surface area (Å²) in [5.41, 5.74) is 1.03. The van der Waals surface area contributed by atoms with Crippen molar-refractivity contribution in [3.8, 4) is 0 Å². The van der Waals surface area contributed by atoms with Crippen LogP contribution in [-0.4, -0.2) is 16.1 Å². The van der Waals surface area contributed by atoms with Crippen LogP contribution in [0.4, 0.5) is 0 Å². The number of hydrogen-bond acceptors (Lipinski definition) is 3. The SMILES string of the molecule is Cc1oc(Cc2ccccc2)nc1C(=O)O. The van der Waals surface area contributed by atoms with E-state index in [9.17, 15) is 4.79 Å². The summed E-state index contributed by atoms with van der Waals surface area (Å²) >= 11 is 0. The van der Waals surface area contributed by atoms with Crippen molar-refractivity contribution in [3.63, 3.8) is 0 Å². The average Bonchev–Trinajstić information content (AvgIpc) is 2.61. The van der Waals surface area contributed by atoms with Crippen molar-refractivity contribution in [2.45, 2.75) is 13.3 Å². The van der Waals surface area contributed by atoms with Gasteiger partial charge in [0.2, 0.25) is 0 Å². The fourth-order valence-electron chi connectivity index (χ4n) is 1.50. The first-order chi connectivity index (χ1) is 7.66. The molecular formula is C12H11NO3. The average molecular weight is 217 g/mol. The summed E-state index contributed by atoms with van der Waals surface area (Å²) in [5, 5.41) is 8.82. The minimum Gasteiger partial charge on any atom is -0.476 e. The highest BCUT2D eigenvalue weighted by Crippen LogP contribution is 2.13. The molecule has 0 saturated heterocycles. The molecule has 1 heterocycles. The van der Waals surface area contributed by atoms with Gasteiger partial charge in [-0.05, 0) is 12.5 Å². The smallest absolute Gasteiger partial charge is 0.358 e. The Morgan fingerprint density at radius 2 is 2.06 bits per heavy atom. The molecule has 16 heavy (non-hydrogen) atoms. The summed E-state index contributed by atoms with van der Waals surface area (Å²) in [6, 6.07) is 9.65. The standard InChI is InChI=1S/C12H11NO3/c1-8-11(12(14)15)13-10(16-8)7-9-5-3-2-4-6-9/h2-6H,7H2,1H3,(H,14,15). The molecule has 0 aliphatic carbocycles. The molecule has 0 atom stereocenters. The van der Waals surface area contributed by atoms with E-state index in [0.717, 1.165) is 5.56 Å². The molecule has 4 heteroatoms. The predicted octanol–water partition coefficient (Wildman–Crippen LogP) is 2.27. The molecule has 1 aromatic heterocycles. The van der Waals surface area contributed by atoms with Gasteiger partial charge in [0.25, 0.3) is 0 Å². The van der Waals surface area contributed by atoms with Crippen molar-refractivity contribution in [1.82, 2.24) is 4.98 Å². The maximum atomic E-state index is 10.8. The maximum Gasteiger partial charge on any atom is 0.358 e. The van der Waals surface area contributed by atoms with Gasteiger partial charge in [-0.3, -0.25) is 0 Å². The lowest BCUT2D eigenvalue weighted by Gasteiger charge is -1.94. The molecule has 0 aliphatic rings. The lowest BCUT2D eigenvalue weighted by atomic mass is 10.1. The fraction of sp³-hybridized carbons (Fsp3) is 0.167. The van der Waals surface area contributed by atoms with Crippen LogP contribution in [0.2, 0.25) is 0 Å². The quantitative estimate of drug-likeness (QED) is 0.856. The number of benzene rings is 1. The number of hydrogen-bond donors (Lipinski definition) is 1. The van der Waals surface area contributed by atoms with Gasteiger partial charge in [0.05, 0.1) is 0 Å². The van der Waals surface area contributed by atoms with Gasteiger partial charge in [0, 0.05) is 6.42 Å². The summed E-state index contributed by atoms with van der Waals surface area (Å²) in [6.07, 6.45) is 0.509. The minimum atomic E-state index is -1.06. The van der Waals surface area contributed by atoms with Crippen molar-refractivity contribution in [2.75, 3.05) is 0 Å². The number of carboxylic acids is 1. The van der Waals surface area contributed by atoms with Gasteiger partial charge in [-0.15, -0.1) is 0 Å². The molecule has 2 aromatic rings. The predicted molar refractivity (Wildman–Crippen MR) is 57.4 cm³/mol. The van der Waals surface area contributed by atoms with Crippen LogP contribution in [0.5, 0.6) is 0 Å². The first-order valence-corrected chi connectivity index (χ1v) is 4.90. The first kappa shape index (κ1) is 10.4. The zero-order valence-corrected chi connectivity index (χ0v) is 8.80. The van der Waals surface area contributed by atoms with E-state index < -0.39 is 5.97 Å². The highest BCUT2D eigenvalue weighted by atomic mass is 16.4. The number of aromatic nitrogens is 1. The van der Waals surface area contributed by atoms with Crippen molar-refractivity contribution in [1.29, 1.82) is 0 Å². The van der Waals surface area contributed by atoms with Crippen LogP contribution in [0.3, 0.4) is 0 Å². The lowest BCUT2D eigenvalue weighted by Crippen LogP contribution is -1.99. The second-order valence-corrected chi connectivity index (χ2v) is 3.48. The number of aromatic carboxylic acids is 1. The molecule has 0 fully saturated rings. The Morgan fingerprint density at radius 3 is 2.62 bits per heavy atom. The van der Waals surface area contributed by atoms with Gasteiger partial charge in [-0.1, -0.05) is 30.3 Å². The number of carbonyl (C=O) groups is 1. The molecule has 82 valence electrons. The molecule has 0 unspecified atom stereocenters. The molecule has 0 amide bonds. The van der Waals surface area contributed by atoms with Crippen LogP contribution in [0.15, 0.2) is 34.7 Å². The zero-order valence-electron chi connectivity index (χ0n) is 8.80. The molecular weight excluding hydrogens is 206 g/mol. The third kappa shape index (κ3) is 2.11. The largest absolute Gasteiger partial charge is 0.476 e. The van der Waals surface area contributed by atoms with E-state index in [4.69, 9.17) is 9.52 Å². The highest BCUT2D eigenvalue weighted by Gasteiger charge is 2.15. The maximum absolute atomic E-state index is 10.8. The Labute approximate surface area is 92.6 Å². The third-order valence-corrected chi connectivity index (χ3v) is 2.24. The van der Waals surface area contributed by atoms with Crippen LogP contribution < -0.4 is 0 Å². The van der Waals surface area contributed by atoms with E-state index in [1.807, 2.05) is 30.3 Å². The second-order valence-electron chi connectivity index (χ2n) is 3.48. The minimum absolute atomic E-state index is 0.00840. The summed E-state index contributed by atoms with van der Waals surface area (Å²) in [7, 11) is 0. The summed E-state index contributed by atoms with van der Waals surface area (Å²) in [5.74, 6) is -0.278. The molecule has 0 radical (unpaired) electrons. The van der Waals surface area contributed by atoms with Crippen LogP contribution in [0.25, 0.3) is 0 Å². The Bertz CT molecular complexity index is 502. The molecule has 2 rings (SSSR count). The van der Waals surface area contributed by atoms with Gasteiger partial charge >= 0.3 is 5.97 Å². The Morgan fingerprint density at radius 1 is 1.38 bits per heavy atom.